The highest BCUT2D eigenvalue weighted by molar-refractivity contribution is 5.90. The Bertz CT molecular complexity index is 537. The molecule has 0 bridgehead atoms. The van der Waals surface area contributed by atoms with E-state index >= 15 is 0 Å². The molecule has 0 saturated carbocycles. The number of carbonyl (C=O) groups is 1. The lowest BCUT2D eigenvalue weighted by Gasteiger charge is -2.03. The Morgan fingerprint density at radius 3 is 2.59 bits per heavy atom. The quantitative estimate of drug-likeness (QED) is 0.746. The summed E-state index contributed by atoms with van der Waals surface area (Å²) < 4.78 is 17.4. The number of esters is 1. The summed E-state index contributed by atoms with van der Waals surface area (Å²) in [7, 11) is 1.32. The number of rotatable bonds is 2. The van der Waals surface area contributed by atoms with Crippen LogP contribution in [0, 0.1) is 5.82 Å². The predicted octanol–water partition coefficient (Wildman–Crippen LogP) is 2.67. The molecule has 2 rings (SSSR count). The lowest BCUT2D eigenvalue weighted by molar-refractivity contribution is 0.0600. The fourth-order valence-corrected chi connectivity index (χ4v) is 1.45. The molecule has 0 amide bonds. The first-order valence-corrected chi connectivity index (χ1v) is 5.01. The minimum Gasteiger partial charge on any atom is -0.465 e. The van der Waals surface area contributed by atoms with Crippen molar-refractivity contribution in [2.45, 2.75) is 0 Å². The molecule has 2 aromatic rings. The molecule has 0 spiro atoms. The van der Waals surface area contributed by atoms with E-state index in [1.807, 2.05) is 0 Å². The van der Waals surface area contributed by atoms with Crippen molar-refractivity contribution in [2.24, 2.45) is 0 Å². The smallest absolute Gasteiger partial charge is 0.337 e. The van der Waals surface area contributed by atoms with Crippen molar-refractivity contribution in [3.8, 4) is 11.3 Å². The summed E-state index contributed by atoms with van der Waals surface area (Å²) in [4.78, 5) is 15.5. The van der Waals surface area contributed by atoms with Gasteiger partial charge in [0, 0.05) is 11.8 Å². The first kappa shape index (κ1) is 11.3. The molecule has 0 aliphatic carbocycles. The van der Waals surface area contributed by atoms with E-state index in [-0.39, 0.29) is 5.82 Å². The standard InChI is InChI=1S/C13H10FNO2/c1-17-13(16)10-6-7-15-12(8-10)9-2-4-11(14)5-3-9/h2-8H,1H3. The van der Waals surface area contributed by atoms with Gasteiger partial charge < -0.3 is 4.74 Å². The van der Waals surface area contributed by atoms with Gasteiger partial charge >= 0.3 is 5.97 Å². The zero-order valence-corrected chi connectivity index (χ0v) is 9.18. The number of hydrogen-bond donors (Lipinski definition) is 0. The maximum atomic E-state index is 12.8. The molecule has 3 nitrogen and oxygen atoms in total. The van der Waals surface area contributed by atoms with E-state index in [1.54, 1.807) is 24.3 Å². The van der Waals surface area contributed by atoms with Gasteiger partial charge in [-0.3, -0.25) is 4.98 Å². The first-order valence-electron chi connectivity index (χ1n) is 5.01. The summed E-state index contributed by atoms with van der Waals surface area (Å²) in [5.74, 6) is -0.728. The van der Waals surface area contributed by atoms with Gasteiger partial charge in [0.1, 0.15) is 5.82 Å². The monoisotopic (exact) mass is 231 g/mol. The van der Waals surface area contributed by atoms with Crippen LogP contribution in [-0.4, -0.2) is 18.1 Å². The molecule has 0 unspecified atom stereocenters. The molecular weight excluding hydrogens is 221 g/mol. The minimum absolute atomic E-state index is 0.308. The van der Waals surface area contributed by atoms with Gasteiger partial charge in [-0.05, 0) is 36.4 Å². The third-order valence-corrected chi connectivity index (χ3v) is 2.32. The van der Waals surface area contributed by atoms with Crippen LogP contribution in [0.15, 0.2) is 42.6 Å². The van der Waals surface area contributed by atoms with Crippen LogP contribution >= 0.6 is 0 Å². The van der Waals surface area contributed by atoms with Crippen molar-refractivity contribution in [2.75, 3.05) is 7.11 Å². The van der Waals surface area contributed by atoms with E-state index in [9.17, 15) is 9.18 Å². The Balaban J connectivity index is 2.39. The second kappa shape index (κ2) is 4.74. The third-order valence-electron chi connectivity index (χ3n) is 2.32. The molecule has 1 aromatic carbocycles. The predicted molar refractivity (Wildman–Crippen MR) is 61.0 cm³/mol. The zero-order valence-electron chi connectivity index (χ0n) is 9.18. The molecule has 0 fully saturated rings. The van der Waals surface area contributed by atoms with Crippen LogP contribution < -0.4 is 0 Å². The number of ether oxygens (including phenoxy) is 1. The molecule has 4 heteroatoms. The maximum absolute atomic E-state index is 12.8. The summed E-state index contributed by atoms with van der Waals surface area (Å²) in [5, 5.41) is 0. The summed E-state index contributed by atoms with van der Waals surface area (Å²) in [6.07, 6.45) is 1.52. The second-order valence-electron chi connectivity index (χ2n) is 3.43. The average molecular weight is 231 g/mol. The highest BCUT2D eigenvalue weighted by Gasteiger charge is 2.07. The Morgan fingerprint density at radius 1 is 1.24 bits per heavy atom. The van der Waals surface area contributed by atoms with Gasteiger partial charge in [0.25, 0.3) is 0 Å². The second-order valence-corrected chi connectivity index (χ2v) is 3.43. The van der Waals surface area contributed by atoms with Crippen molar-refractivity contribution in [1.82, 2.24) is 4.98 Å². The summed E-state index contributed by atoms with van der Waals surface area (Å²) in [6.45, 7) is 0. The molecule has 17 heavy (non-hydrogen) atoms. The molecular formula is C13H10FNO2. The lowest BCUT2D eigenvalue weighted by Crippen LogP contribution is -2.01. The normalized spacial score (nSPS) is 10.0. The SMILES string of the molecule is COC(=O)c1ccnc(-c2ccc(F)cc2)c1. The van der Waals surface area contributed by atoms with Crippen molar-refractivity contribution >= 4 is 5.97 Å². The van der Waals surface area contributed by atoms with Gasteiger partial charge in [-0.15, -0.1) is 0 Å². The maximum Gasteiger partial charge on any atom is 0.337 e. The largest absolute Gasteiger partial charge is 0.465 e. The van der Waals surface area contributed by atoms with Crippen molar-refractivity contribution < 1.29 is 13.9 Å². The number of hydrogen-bond acceptors (Lipinski definition) is 3. The first-order chi connectivity index (χ1) is 8.20. The van der Waals surface area contributed by atoms with Crippen LogP contribution in [0.2, 0.25) is 0 Å². The van der Waals surface area contributed by atoms with Crippen molar-refractivity contribution in [1.29, 1.82) is 0 Å². The molecule has 0 atom stereocenters. The fraction of sp³-hybridized carbons (Fsp3) is 0.0769. The number of methoxy groups -OCH3 is 1. The van der Waals surface area contributed by atoms with Crippen LogP contribution in [-0.2, 0) is 4.74 Å². The Morgan fingerprint density at radius 2 is 1.94 bits per heavy atom. The summed E-state index contributed by atoms with van der Waals surface area (Å²) in [5.41, 5.74) is 1.77. The van der Waals surface area contributed by atoms with Crippen LogP contribution in [0.4, 0.5) is 4.39 Å². The van der Waals surface area contributed by atoms with E-state index in [0.717, 1.165) is 5.56 Å². The highest BCUT2D eigenvalue weighted by atomic mass is 19.1. The number of pyridine rings is 1. The lowest BCUT2D eigenvalue weighted by atomic mass is 10.1. The molecule has 86 valence electrons. The van der Waals surface area contributed by atoms with E-state index in [0.29, 0.717) is 11.3 Å². The van der Waals surface area contributed by atoms with Crippen LogP contribution in [0.5, 0.6) is 0 Å². The van der Waals surface area contributed by atoms with Gasteiger partial charge in [0.15, 0.2) is 0 Å². The Kier molecular flexibility index (Phi) is 3.14. The minimum atomic E-state index is -0.421. The third kappa shape index (κ3) is 2.47. The van der Waals surface area contributed by atoms with Crippen LogP contribution in [0.25, 0.3) is 11.3 Å². The van der Waals surface area contributed by atoms with Crippen LogP contribution in [0.3, 0.4) is 0 Å². The van der Waals surface area contributed by atoms with Gasteiger partial charge in [-0.1, -0.05) is 0 Å². The number of aromatic nitrogens is 1. The van der Waals surface area contributed by atoms with Gasteiger partial charge in [-0.2, -0.15) is 0 Å². The van der Waals surface area contributed by atoms with Gasteiger partial charge in [0.05, 0.1) is 18.4 Å². The Labute approximate surface area is 97.9 Å². The van der Waals surface area contributed by atoms with Gasteiger partial charge in [0.2, 0.25) is 0 Å². The summed E-state index contributed by atoms with van der Waals surface area (Å²) in [6, 6.07) is 9.10. The molecule has 1 heterocycles. The number of benzene rings is 1. The fourth-order valence-electron chi connectivity index (χ4n) is 1.45. The summed E-state index contributed by atoms with van der Waals surface area (Å²) >= 11 is 0. The van der Waals surface area contributed by atoms with E-state index in [1.165, 1.54) is 25.4 Å². The molecule has 0 aliphatic heterocycles. The molecule has 0 radical (unpaired) electrons. The zero-order chi connectivity index (χ0) is 12.3. The molecule has 0 aliphatic rings. The van der Waals surface area contributed by atoms with Gasteiger partial charge in [-0.25, -0.2) is 9.18 Å². The van der Waals surface area contributed by atoms with Crippen molar-refractivity contribution in [3.63, 3.8) is 0 Å². The highest BCUT2D eigenvalue weighted by Crippen LogP contribution is 2.18. The molecule has 0 N–H and O–H groups in total. The number of carbonyl (C=O) groups excluding carboxylic acids is 1. The van der Waals surface area contributed by atoms with E-state index < -0.39 is 5.97 Å². The van der Waals surface area contributed by atoms with Crippen LogP contribution in [0.1, 0.15) is 10.4 Å². The average Bonchev–Trinajstić information content (AvgIpc) is 2.39. The number of nitrogens with zero attached hydrogens (tertiary/aromatic N) is 1. The molecule has 0 saturated heterocycles. The van der Waals surface area contributed by atoms with E-state index in [2.05, 4.69) is 9.72 Å². The number of halogens is 1. The Hall–Kier alpha value is -2.23. The topological polar surface area (TPSA) is 39.2 Å². The molecule has 1 aromatic heterocycles. The van der Waals surface area contributed by atoms with Crippen molar-refractivity contribution in [3.05, 3.63) is 54.0 Å². The van der Waals surface area contributed by atoms with E-state index in [4.69, 9.17) is 0 Å².